The van der Waals surface area contributed by atoms with Crippen molar-refractivity contribution < 1.29 is 22.1 Å². The molecular weight excluding hydrogens is 380 g/mol. The first-order chi connectivity index (χ1) is 13.1. The van der Waals surface area contributed by atoms with Gasteiger partial charge in [0.1, 0.15) is 5.75 Å². The predicted molar refractivity (Wildman–Crippen MR) is 107 cm³/mol. The first-order valence-electron chi connectivity index (χ1n) is 8.91. The van der Waals surface area contributed by atoms with Crippen molar-refractivity contribution in [1.29, 1.82) is 0 Å². The van der Waals surface area contributed by atoms with Crippen LogP contribution in [0.2, 0.25) is 0 Å². The molecule has 0 atom stereocenters. The number of ether oxygens (including phenoxy) is 2. The monoisotopic (exact) mass is 406 g/mol. The molecule has 1 heterocycles. The molecule has 2 N–H and O–H groups in total. The van der Waals surface area contributed by atoms with Crippen molar-refractivity contribution in [2.24, 2.45) is 5.14 Å². The summed E-state index contributed by atoms with van der Waals surface area (Å²) < 4.78 is 38.3. The number of nitrogens with two attached hydrogens (primary N) is 1. The molecule has 1 aliphatic rings. The molecule has 0 fully saturated rings. The zero-order valence-electron chi connectivity index (χ0n) is 16.6. The summed E-state index contributed by atoms with van der Waals surface area (Å²) in [6.45, 7) is 5.80. The molecule has 2 aromatic rings. The fourth-order valence-electron chi connectivity index (χ4n) is 3.56. The van der Waals surface area contributed by atoms with Crippen LogP contribution in [0, 0.1) is 0 Å². The molecule has 3 rings (SSSR count). The third-order valence-electron chi connectivity index (χ3n) is 5.04. The Bertz CT molecular complexity index is 973. The summed E-state index contributed by atoms with van der Waals surface area (Å²) in [5, 5.41) is 5.03. The van der Waals surface area contributed by atoms with Crippen molar-refractivity contribution in [2.75, 3.05) is 14.2 Å². The lowest BCUT2D eigenvalue weighted by atomic mass is 9.85. The van der Waals surface area contributed by atoms with Crippen molar-refractivity contribution in [3.63, 3.8) is 0 Å². The van der Waals surface area contributed by atoms with Gasteiger partial charge in [-0.3, -0.25) is 4.90 Å². The van der Waals surface area contributed by atoms with E-state index in [-0.39, 0.29) is 11.3 Å². The van der Waals surface area contributed by atoms with E-state index in [4.69, 9.17) is 18.8 Å². The molecule has 2 aromatic carbocycles. The molecule has 0 aromatic heterocycles. The maximum atomic E-state index is 11.4. The van der Waals surface area contributed by atoms with E-state index >= 15 is 0 Å². The number of benzene rings is 2. The molecular formula is C20H26N2O5S. The SMILES string of the molecule is COc1cccc(CN2Cc3cc(OC)c(OS(N)(=O)=O)cc3CC2(C)C)c1. The lowest BCUT2D eigenvalue weighted by Gasteiger charge is -2.43. The Kier molecular flexibility index (Phi) is 5.56. The smallest absolute Gasteiger partial charge is 0.380 e. The standard InChI is InChI=1S/C20H26N2O5S/c1-20(2)11-15-9-19(27-28(21,23)24)18(26-4)10-16(15)13-22(20)12-14-6-5-7-17(8-14)25-3/h5-10H,11-13H2,1-4H3,(H2,21,23,24). The first kappa shape index (κ1) is 20.4. The van der Waals surface area contributed by atoms with Gasteiger partial charge < -0.3 is 13.7 Å². The van der Waals surface area contributed by atoms with Crippen LogP contribution >= 0.6 is 0 Å². The predicted octanol–water partition coefficient (Wildman–Crippen LogP) is 2.62. The van der Waals surface area contributed by atoms with Crippen LogP contribution in [0.4, 0.5) is 0 Å². The van der Waals surface area contributed by atoms with Gasteiger partial charge in [0.15, 0.2) is 11.5 Å². The first-order valence-corrected chi connectivity index (χ1v) is 10.4. The molecule has 152 valence electrons. The van der Waals surface area contributed by atoms with Crippen LogP contribution in [0.1, 0.15) is 30.5 Å². The molecule has 0 saturated carbocycles. The minimum atomic E-state index is -4.13. The summed E-state index contributed by atoms with van der Waals surface area (Å²) in [5.41, 5.74) is 3.12. The molecule has 0 saturated heterocycles. The van der Waals surface area contributed by atoms with Crippen LogP contribution in [-0.2, 0) is 29.8 Å². The van der Waals surface area contributed by atoms with Gasteiger partial charge in [0, 0.05) is 18.6 Å². The van der Waals surface area contributed by atoms with E-state index in [1.807, 2.05) is 24.3 Å². The second kappa shape index (κ2) is 7.62. The fraction of sp³-hybridized carbons (Fsp3) is 0.400. The second-order valence-corrected chi connectivity index (χ2v) is 8.70. The van der Waals surface area contributed by atoms with E-state index in [0.717, 1.165) is 35.4 Å². The zero-order valence-corrected chi connectivity index (χ0v) is 17.4. The molecule has 0 aliphatic carbocycles. The minimum absolute atomic E-state index is 0.112. The normalized spacial score (nSPS) is 16.3. The van der Waals surface area contributed by atoms with Gasteiger partial charge in [0.25, 0.3) is 0 Å². The highest BCUT2D eigenvalue weighted by atomic mass is 32.2. The van der Waals surface area contributed by atoms with E-state index < -0.39 is 10.3 Å². The van der Waals surface area contributed by atoms with E-state index in [2.05, 4.69) is 24.8 Å². The number of nitrogens with zero attached hydrogens (tertiary/aromatic N) is 1. The molecule has 28 heavy (non-hydrogen) atoms. The Morgan fingerprint density at radius 1 is 1.07 bits per heavy atom. The van der Waals surface area contributed by atoms with Gasteiger partial charge in [-0.2, -0.15) is 13.6 Å². The van der Waals surface area contributed by atoms with Crippen molar-refractivity contribution in [2.45, 2.75) is 38.9 Å². The van der Waals surface area contributed by atoms with Crippen LogP contribution in [0.15, 0.2) is 36.4 Å². The number of fused-ring (bicyclic) bond motifs is 1. The molecule has 0 spiro atoms. The molecule has 0 bridgehead atoms. The van der Waals surface area contributed by atoms with Crippen LogP contribution in [0.5, 0.6) is 17.2 Å². The van der Waals surface area contributed by atoms with E-state index in [0.29, 0.717) is 12.3 Å². The highest BCUT2D eigenvalue weighted by Gasteiger charge is 2.34. The number of hydrogen-bond donors (Lipinski definition) is 1. The highest BCUT2D eigenvalue weighted by molar-refractivity contribution is 7.84. The van der Waals surface area contributed by atoms with E-state index in [1.54, 1.807) is 13.2 Å². The summed E-state index contributed by atoms with van der Waals surface area (Å²) in [7, 11) is -0.994. The van der Waals surface area contributed by atoms with Crippen LogP contribution < -0.4 is 18.8 Å². The van der Waals surface area contributed by atoms with Gasteiger partial charge in [-0.25, -0.2) is 0 Å². The summed E-state index contributed by atoms with van der Waals surface area (Å²) in [6, 6.07) is 11.6. The molecule has 8 heteroatoms. The third-order valence-corrected chi connectivity index (χ3v) is 5.45. The summed E-state index contributed by atoms with van der Waals surface area (Å²) in [5.74, 6) is 1.29. The van der Waals surface area contributed by atoms with Crippen molar-refractivity contribution in [3.05, 3.63) is 53.1 Å². The van der Waals surface area contributed by atoms with Gasteiger partial charge in [-0.1, -0.05) is 12.1 Å². The Morgan fingerprint density at radius 2 is 1.79 bits per heavy atom. The van der Waals surface area contributed by atoms with Crippen LogP contribution in [0.25, 0.3) is 0 Å². The lowest BCUT2D eigenvalue weighted by molar-refractivity contribution is 0.0887. The average Bonchev–Trinajstić information content (AvgIpc) is 2.60. The van der Waals surface area contributed by atoms with Gasteiger partial charge in [-0.05, 0) is 61.2 Å². The molecule has 0 unspecified atom stereocenters. The maximum Gasteiger partial charge on any atom is 0.380 e. The largest absolute Gasteiger partial charge is 0.497 e. The van der Waals surface area contributed by atoms with Crippen LogP contribution in [-0.4, -0.2) is 33.1 Å². The Hall–Kier alpha value is -2.29. The average molecular weight is 407 g/mol. The summed E-state index contributed by atoms with van der Waals surface area (Å²) in [6.07, 6.45) is 0.733. The fourth-order valence-corrected chi connectivity index (χ4v) is 3.94. The van der Waals surface area contributed by atoms with E-state index in [1.165, 1.54) is 7.11 Å². The molecule has 1 aliphatic heterocycles. The molecule has 0 radical (unpaired) electrons. The Morgan fingerprint density at radius 3 is 2.43 bits per heavy atom. The van der Waals surface area contributed by atoms with Gasteiger partial charge in [0.2, 0.25) is 0 Å². The van der Waals surface area contributed by atoms with Crippen molar-refractivity contribution >= 4 is 10.3 Å². The van der Waals surface area contributed by atoms with Crippen LogP contribution in [0.3, 0.4) is 0 Å². The summed E-state index contributed by atoms with van der Waals surface area (Å²) >= 11 is 0. The minimum Gasteiger partial charge on any atom is -0.497 e. The summed E-state index contributed by atoms with van der Waals surface area (Å²) in [4.78, 5) is 2.38. The molecule has 0 amide bonds. The van der Waals surface area contributed by atoms with Gasteiger partial charge in [-0.15, -0.1) is 0 Å². The quantitative estimate of drug-likeness (QED) is 0.793. The number of hydrogen-bond acceptors (Lipinski definition) is 6. The zero-order chi connectivity index (χ0) is 20.5. The van der Waals surface area contributed by atoms with Gasteiger partial charge >= 0.3 is 10.3 Å². The van der Waals surface area contributed by atoms with E-state index in [9.17, 15) is 8.42 Å². The highest BCUT2D eigenvalue weighted by Crippen LogP contribution is 2.39. The topological polar surface area (TPSA) is 91.1 Å². The van der Waals surface area contributed by atoms with Crippen molar-refractivity contribution in [1.82, 2.24) is 4.90 Å². The second-order valence-electron chi connectivity index (χ2n) is 7.54. The Balaban J connectivity index is 1.92. The Labute approximate surface area is 166 Å². The van der Waals surface area contributed by atoms with Gasteiger partial charge in [0.05, 0.1) is 14.2 Å². The third kappa shape index (κ3) is 4.57. The maximum absolute atomic E-state index is 11.4. The lowest BCUT2D eigenvalue weighted by Crippen LogP contribution is -2.47. The van der Waals surface area contributed by atoms with Crippen molar-refractivity contribution in [3.8, 4) is 17.2 Å². The number of rotatable bonds is 6. The molecule has 7 nitrogen and oxygen atoms in total. The number of methoxy groups -OCH3 is 2.